The van der Waals surface area contributed by atoms with Gasteiger partial charge in [0, 0.05) is 78.3 Å². The zero-order chi connectivity index (χ0) is 66.1. The highest BCUT2D eigenvalue weighted by atomic mass is 16.6. The van der Waals surface area contributed by atoms with Gasteiger partial charge in [-0.3, -0.25) is 43.0 Å². The Hall–Kier alpha value is -7.48. The number of aryl methyl sites for hydroxylation is 1. The molecular weight excluding hydrogens is 1130 g/mol. The van der Waals surface area contributed by atoms with Gasteiger partial charge in [-0.1, -0.05) is 142 Å². The van der Waals surface area contributed by atoms with Crippen LogP contribution in [-0.2, 0) is 67.8 Å². The van der Waals surface area contributed by atoms with E-state index in [-0.39, 0.29) is 44.6 Å². The molecule has 2 saturated heterocycles. The van der Waals surface area contributed by atoms with Crippen LogP contribution in [0.25, 0.3) is 22.0 Å². The molecule has 0 unspecified atom stereocenters. The molecule has 3 N–H and O–H groups in total. The number of likely N-dealkylation sites (N-methyl/N-ethyl adjacent to an activating group) is 4. The molecule has 1 aromatic heterocycles. The summed E-state index contributed by atoms with van der Waals surface area (Å²) in [6, 6.07) is 13.8. The minimum Gasteiger partial charge on any atom is -0.450 e. The molecule has 89 heavy (non-hydrogen) atoms. The number of aromatic nitrogens is 2. The van der Waals surface area contributed by atoms with Crippen LogP contribution >= 0.6 is 0 Å². The van der Waals surface area contributed by atoms with Crippen molar-refractivity contribution < 1.29 is 53.0 Å². The maximum absolute atomic E-state index is 15.8. The molecule has 11 atom stereocenters. The van der Waals surface area contributed by atoms with Crippen LogP contribution in [0.5, 0.6) is 0 Å². The van der Waals surface area contributed by atoms with E-state index in [9.17, 15) is 19.5 Å². The van der Waals surface area contributed by atoms with Crippen LogP contribution in [0, 0.1) is 35.5 Å². The van der Waals surface area contributed by atoms with Crippen LogP contribution in [0.1, 0.15) is 133 Å². The van der Waals surface area contributed by atoms with Crippen LogP contribution in [0.2, 0.25) is 0 Å². The average Bonchev–Trinajstić information content (AvgIpc) is 2.14. The Morgan fingerprint density at radius 1 is 0.652 bits per heavy atom. The van der Waals surface area contributed by atoms with Gasteiger partial charge in [0.15, 0.2) is 17.9 Å². The molecule has 3 aromatic carbocycles. The number of nitrogens with zero attached hydrogens (tertiary/aromatic N) is 7. The molecule has 6 rings (SSSR count). The number of carbonyl (C=O) groups excluding carboxylic acids is 9. The molecule has 20 heteroatoms. The number of rotatable bonds is 14. The van der Waals surface area contributed by atoms with Crippen molar-refractivity contribution in [2.75, 3.05) is 34.7 Å². The number of Topliss-reactive ketones (excluding diaryl/α,β-unsaturated/α-hetero) is 1. The molecule has 0 radical (unpaired) electrons. The largest absolute Gasteiger partial charge is 0.450 e. The normalized spacial score (nSPS) is 25.0. The van der Waals surface area contributed by atoms with Crippen molar-refractivity contribution in [2.24, 2.45) is 42.6 Å². The molecule has 7 amide bonds. The lowest BCUT2D eigenvalue weighted by Crippen LogP contribution is -2.61. The Labute approximate surface area is 526 Å². The molecule has 0 aliphatic carbocycles. The number of hydrogen-bond acceptors (Lipinski definition) is 12. The molecule has 2 aliphatic rings. The highest BCUT2D eigenvalue weighted by Gasteiger charge is 2.48. The Morgan fingerprint density at radius 3 is 1.88 bits per heavy atom. The third kappa shape index (κ3) is 16.5. The highest BCUT2D eigenvalue weighted by Crippen LogP contribution is 2.32. The van der Waals surface area contributed by atoms with E-state index in [4.69, 9.17) is 4.74 Å². The van der Waals surface area contributed by atoms with Crippen molar-refractivity contribution in [1.29, 1.82) is 0 Å². The fourth-order valence-corrected chi connectivity index (χ4v) is 13.1. The molecule has 20 nitrogen and oxygen atoms in total. The second kappa shape index (κ2) is 30.4. The molecule has 2 aliphatic heterocycles. The lowest BCUT2D eigenvalue weighted by molar-refractivity contribution is -0.178. The van der Waals surface area contributed by atoms with Crippen LogP contribution in [0.15, 0.2) is 79.0 Å². The van der Waals surface area contributed by atoms with Gasteiger partial charge in [-0.2, -0.15) is 5.10 Å². The van der Waals surface area contributed by atoms with Gasteiger partial charge in [0.05, 0.1) is 23.4 Å². The smallest absolute Gasteiger partial charge is 0.332 e. The molecule has 486 valence electrons. The van der Waals surface area contributed by atoms with E-state index < -0.39 is 137 Å². The van der Waals surface area contributed by atoms with Crippen LogP contribution < -0.4 is 10.6 Å². The zero-order valence-corrected chi connectivity index (χ0v) is 55.6. The van der Waals surface area contributed by atoms with Crippen LogP contribution in [0.3, 0.4) is 0 Å². The van der Waals surface area contributed by atoms with E-state index in [2.05, 4.69) is 15.7 Å². The van der Waals surface area contributed by atoms with Crippen molar-refractivity contribution in [2.45, 2.75) is 188 Å². The quantitative estimate of drug-likeness (QED) is 0.108. The Bertz CT molecular complexity index is 3170. The van der Waals surface area contributed by atoms with Gasteiger partial charge in [-0.25, -0.2) is 4.79 Å². The number of ether oxygens (including phenoxy) is 1. The van der Waals surface area contributed by atoms with Gasteiger partial charge in [-0.15, -0.1) is 0 Å². The SMILES string of the molecule is CC[C@H](C)[C@@H]1NC(=O)[C@@H]2CCCN2C(=O)[C@H](Cc2cccc(-c3cccc4c3cnn4C)c2)N(C)C(=O)[C@H](Cc2ccccc2)NC(=O)[C@H](C(C)C)N(C)C(=O)[C@@H]([C@@H](C)CC)OC(=O)[C@H](C(C)(C)O)N(C)C(=O)[C@H](CC(C)C)CC(=O)[C@H](C(C)C)N(C)C1=O. The lowest BCUT2D eigenvalue weighted by atomic mass is 9.85. The minimum absolute atomic E-state index is 0.0204. The molecule has 3 heterocycles. The summed E-state index contributed by atoms with van der Waals surface area (Å²) in [6.45, 7) is 20.9. The number of fused-ring (bicyclic) bond motifs is 2. The number of amides is 7. The fourth-order valence-electron chi connectivity index (χ4n) is 13.1. The first-order valence-electron chi connectivity index (χ1n) is 31.8. The number of cyclic esters (lactones) is 1. The summed E-state index contributed by atoms with van der Waals surface area (Å²) in [5.41, 5.74) is 2.07. The van der Waals surface area contributed by atoms with Gasteiger partial charge < -0.3 is 45.0 Å². The predicted molar refractivity (Wildman–Crippen MR) is 342 cm³/mol. The third-order valence-electron chi connectivity index (χ3n) is 18.3. The number of nitrogens with one attached hydrogen (secondary N) is 2. The van der Waals surface area contributed by atoms with E-state index in [0.717, 1.165) is 26.9 Å². The Balaban J connectivity index is 1.53. The van der Waals surface area contributed by atoms with E-state index in [1.165, 1.54) is 61.6 Å². The first kappa shape index (κ1) is 70.6. The van der Waals surface area contributed by atoms with Gasteiger partial charge in [0.1, 0.15) is 30.2 Å². The van der Waals surface area contributed by atoms with Crippen molar-refractivity contribution in [3.63, 3.8) is 0 Å². The first-order valence-corrected chi connectivity index (χ1v) is 31.8. The van der Waals surface area contributed by atoms with Crippen molar-refractivity contribution in [1.82, 2.24) is 44.9 Å². The van der Waals surface area contributed by atoms with Gasteiger partial charge in [0.25, 0.3) is 5.91 Å². The number of ketones is 1. The van der Waals surface area contributed by atoms with E-state index >= 15 is 28.8 Å². The predicted octanol–water partition coefficient (Wildman–Crippen LogP) is 7.02. The summed E-state index contributed by atoms with van der Waals surface area (Å²) >= 11 is 0. The molecule has 2 fully saturated rings. The standard InChI is InChI=1S/C69H99N9O11/c1-18-43(9)56-66(85)74(14)57(41(5)6)55(79)38-48(34-40(3)4)63(82)76(16)60(69(11,12)88)68(87)89-59(44(10)19-2)67(86)75(15)58(42(7)8)62(81)71-51(36-45-26-21-20-22-27-45)64(83)73(13)54(65(84)78-33-25-32-53(78)61(80)72-56)37-46-28-23-29-47(35-46)49-30-24-31-52-50(49)39-70-77(52)17/h20-24,26-31,35,39-44,48,51,53-54,56-60,88H,18-19,25,32-34,36-38H2,1-17H3,(H,71,81)(H,72,80)/t43-,44-,48+,51-,53-,54-,56-,57-,58-,59+,60+/m0/s1. The van der Waals surface area contributed by atoms with Crippen molar-refractivity contribution >= 4 is 64.0 Å². The Morgan fingerprint density at radius 2 is 1.27 bits per heavy atom. The second-order valence-corrected chi connectivity index (χ2v) is 26.7. The topological polar surface area (TPSA) is 241 Å². The number of esters is 1. The van der Waals surface area contributed by atoms with Gasteiger partial charge >= 0.3 is 5.97 Å². The Kier molecular flexibility index (Phi) is 24.1. The third-order valence-corrected chi connectivity index (χ3v) is 18.3. The molecular formula is C69H99N9O11. The van der Waals surface area contributed by atoms with E-state index in [1.54, 1.807) is 64.6 Å². The molecule has 0 saturated carbocycles. The number of hydrogen-bond donors (Lipinski definition) is 3. The van der Waals surface area contributed by atoms with Gasteiger partial charge in [-0.05, 0) is 91.5 Å². The summed E-state index contributed by atoms with van der Waals surface area (Å²) in [5.74, 6) is -9.27. The maximum atomic E-state index is 15.8. The molecule has 4 aromatic rings. The fraction of sp³-hybridized carbons (Fsp3) is 0.594. The van der Waals surface area contributed by atoms with Crippen LogP contribution in [0.4, 0.5) is 0 Å². The average molecular weight is 1230 g/mol. The van der Waals surface area contributed by atoms with Crippen LogP contribution in [-0.4, -0.2) is 181 Å². The molecule has 0 spiro atoms. The van der Waals surface area contributed by atoms with Crippen molar-refractivity contribution in [3.05, 3.63) is 90.1 Å². The summed E-state index contributed by atoms with van der Waals surface area (Å²) in [7, 11) is 7.65. The minimum atomic E-state index is -1.96. The van der Waals surface area contributed by atoms with Crippen molar-refractivity contribution in [3.8, 4) is 11.1 Å². The monoisotopic (exact) mass is 1230 g/mol. The lowest BCUT2D eigenvalue weighted by Gasteiger charge is -2.39. The number of benzene rings is 3. The summed E-state index contributed by atoms with van der Waals surface area (Å²) in [6.07, 6.45) is 1.52. The number of aliphatic hydroxyl groups is 1. The van der Waals surface area contributed by atoms with E-state index in [1.807, 2.05) is 95.4 Å². The first-order chi connectivity index (χ1) is 41.8. The summed E-state index contributed by atoms with van der Waals surface area (Å²) in [4.78, 5) is 143. The summed E-state index contributed by atoms with van der Waals surface area (Å²) < 4.78 is 7.95. The highest BCUT2D eigenvalue weighted by molar-refractivity contribution is 6.00. The van der Waals surface area contributed by atoms with Gasteiger partial charge in [0.2, 0.25) is 35.4 Å². The number of carbonyl (C=O) groups is 9. The second-order valence-electron chi connectivity index (χ2n) is 26.7. The maximum Gasteiger partial charge on any atom is 0.332 e. The molecule has 0 bridgehead atoms. The zero-order valence-electron chi connectivity index (χ0n) is 55.6. The van der Waals surface area contributed by atoms with E-state index in [0.29, 0.717) is 30.4 Å². The summed E-state index contributed by atoms with van der Waals surface area (Å²) in [5, 5.41) is 23.2.